The molecule has 0 radical (unpaired) electrons. The van der Waals surface area contributed by atoms with E-state index in [0.29, 0.717) is 11.1 Å². The second-order valence-corrected chi connectivity index (χ2v) is 3.98. The number of hydrogen-bond acceptors (Lipinski definition) is 3. The van der Waals surface area contributed by atoms with Crippen molar-refractivity contribution in [3.8, 4) is 0 Å². The number of aromatic carboxylic acids is 1. The Morgan fingerprint density at radius 3 is 2.22 bits per heavy atom. The average molecular weight is 239 g/mol. The number of carbonyl (C=O) groups is 2. The van der Waals surface area contributed by atoms with Gasteiger partial charge in [-0.05, 0) is 12.5 Å². The molecule has 0 aliphatic rings. The van der Waals surface area contributed by atoms with Crippen molar-refractivity contribution in [2.75, 3.05) is 0 Å². The molecule has 0 aliphatic carbocycles. The van der Waals surface area contributed by atoms with Crippen LogP contribution in [0, 0.1) is 6.92 Å². The van der Waals surface area contributed by atoms with E-state index in [1.807, 2.05) is 0 Å². The zero-order chi connectivity index (χ0) is 13.1. The summed E-state index contributed by atoms with van der Waals surface area (Å²) in [6.45, 7) is 1.71. The second-order valence-electron chi connectivity index (χ2n) is 3.98. The van der Waals surface area contributed by atoms with Gasteiger partial charge in [0.1, 0.15) is 0 Å². The van der Waals surface area contributed by atoms with Crippen molar-refractivity contribution < 1.29 is 14.7 Å². The topological polar surface area (TPSA) is 57.2 Å². The molecule has 0 amide bonds. The number of carbonyl (C=O) groups excluding carboxylic acids is 2. The number of carboxylic acid groups (broad SMARTS) is 1. The van der Waals surface area contributed by atoms with Gasteiger partial charge in [-0.2, -0.15) is 0 Å². The first-order valence-corrected chi connectivity index (χ1v) is 5.52. The van der Waals surface area contributed by atoms with E-state index in [4.69, 9.17) is 0 Å². The Morgan fingerprint density at radius 1 is 0.944 bits per heavy atom. The highest BCUT2D eigenvalue weighted by molar-refractivity contribution is 6.14. The predicted octanol–water partition coefficient (Wildman–Crippen LogP) is 1.59. The van der Waals surface area contributed by atoms with E-state index >= 15 is 0 Å². The zero-order valence-corrected chi connectivity index (χ0v) is 9.84. The third kappa shape index (κ3) is 2.15. The number of hydrogen-bond donors (Lipinski definition) is 0. The highest BCUT2D eigenvalue weighted by Gasteiger charge is 2.16. The Hall–Kier alpha value is -2.42. The molecule has 3 heteroatoms. The van der Waals surface area contributed by atoms with E-state index in [2.05, 4.69) is 0 Å². The molecular formula is C15H11O3-. The van der Waals surface area contributed by atoms with Crippen LogP contribution in [0.2, 0.25) is 0 Å². The fourth-order valence-corrected chi connectivity index (χ4v) is 1.87. The molecule has 18 heavy (non-hydrogen) atoms. The maximum absolute atomic E-state index is 12.3. The molecule has 0 aliphatic heterocycles. The molecule has 0 aromatic heterocycles. The standard InChI is InChI=1S/C15H12O3/c1-10-6-5-9-12(15(17)18)13(10)14(16)11-7-3-2-4-8-11/h2-9H,1H3,(H,17,18)/p-1. The van der Waals surface area contributed by atoms with E-state index in [1.165, 1.54) is 6.07 Å². The quantitative estimate of drug-likeness (QED) is 0.764. The molecule has 3 nitrogen and oxygen atoms in total. The highest BCUT2D eigenvalue weighted by atomic mass is 16.4. The molecule has 90 valence electrons. The smallest absolute Gasteiger partial charge is 0.193 e. The van der Waals surface area contributed by atoms with Crippen molar-refractivity contribution >= 4 is 11.8 Å². The van der Waals surface area contributed by atoms with Gasteiger partial charge in [0.05, 0.1) is 5.97 Å². The summed E-state index contributed by atoms with van der Waals surface area (Å²) in [7, 11) is 0. The molecular weight excluding hydrogens is 228 g/mol. The minimum absolute atomic E-state index is 0.0659. The van der Waals surface area contributed by atoms with Gasteiger partial charge >= 0.3 is 0 Å². The lowest BCUT2D eigenvalue weighted by Crippen LogP contribution is -2.25. The SMILES string of the molecule is Cc1cccc(C(=O)[O-])c1C(=O)c1ccccc1. The molecule has 0 N–H and O–H groups in total. The molecule has 0 spiro atoms. The Bertz CT molecular complexity index is 600. The van der Waals surface area contributed by atoms with Crippen molar-refractivity contribution in [3.05, 3.63) is 70.8 Å². The van der Waals surface area contributed by atoms with Gasteiger partial charge in [0.15, 0.2) is 5.78 Å². The fourth-order valence-electron chi connectivity index (χ4n) is 1.87. The van der Waals surface area contributed by atoms with Gasteiger partial charge in [0.25, 0.3) is 0 Å². The molecule has 0 saturated heterocycles. The molecule has 0 atom stereocenters. The van der Waals surface area contributed by atoms with Crippen molar-refractivity contribution in [2.45, 2.75) is 6.92 Å². The molecule has 0 unspecified atom stereocenters. The first-order valence-electron chi connectivity index (χ1n) is 5.52. The molecule has 0 fully saturated rings. The minimum atomic E-state index is -1.34. The maximum atomic E-state index is 12.3. The average Bonchev–Trinajstić information content (AvgIpc) is 2.38. The van der Waals surface area contributed by atoms with E-state index in [1.54, 1.807) is 49.4 Å². The first kappa shape index (κ1) is 12.0. The maximum Gasteiger partial charge on any atom is 0.193 e. The van der Waals surface area contributed by atoms with Crippen molar-refractivity contribution in [1.29, 1.82) is 0 Å². The second kappa shape index (κ2) is 4.84. The normalized spacial score (nSPS) is 10.1. The van der Waals surface area contributed by atoms with Gasteiger partial charge in [-0.25, -0.2) is 0 Å². The van der Waals surface area contributed by atoms with E-state index in [9.17, 15) is 14.7 Å². The van der Waals surface area contributed by atoms with E-state index < -0.39 is 5.97 Å². The first-order chi connectivity index (χ1) is 8.61. The van der Waals surface area contributed by atoms with Crippen LogP contribution in [-0.4, -0.2) is 11.8 Å². The van der Waals surface area contributed by atoms with Crippen molar-refractivity contribution in [2.24, 2.45) is 0 Å². The van der Waals surface area contributed by atoms with Crippen LogP contribution in [0.15, 0.2) is 48.5 Å². The Kier molecular flexibility index (Phi) is 3.24. The molecule has 2 aromatic rings. The monoisotopic (exact) mass is 239 g/mol. The third-order valence-electron chi connectivity index (χ3n) is 2.76. The Labute approximate surface area is 105 Å². The lowest BCUT2D eigenvalue weighted by Gasteiger charge is -2.12. The lowest BCUT2D eigenvalue weighted by atomic mass is 9.94. The summed E-state index contributed by atoms with van der Waals surface area (Å²) in [6, 6.07) is 13.3. The number of benzene rings is 2. The summed E-state index contributed by atoms with van der Waals surface area (Å²) in [4.78, 5) is 23.3. The van der Waals surface area contributed by atoms with Crippen LogP contribution in [0.5, 0.6) is 0 Å². The van der Waals surface area contributed by atoms with Gasteiger partial charge in [-0.15, -0.1) is 0 Å². The summed E-state index contributed by atoms with van der Waals surface area (Å²) >= 11 is 0. The number of rotatable bonds is 3. The number of carboxylic acids is 1. The van der Waals surface area contributed by atoms with Crippen LogP contribution in [-0.2, 0) is 0 Å². The van der Waals surface area contributed by atoms with Crippen LogP contribution < -0.4 is 5.11 Å². The third-order valence-corrected chi connectivity index (χ3v) is 2.76. The van der Waals surface area contributed by atoms with Crippen molar-refractivity contribution in [1.82, 2.24) is 0 Å². The van der Waals surface area contributed by atoms with E-state index in [0.717, 1.165) is 0 Å². The summed E-state index contributed by atoms with van der Waals surface area (Å²) in [5.74, 6) is -1.63. The van der Waals surface area contributed by atoms with Gasteiger partial charge in [0, 0.05) is 16.7 Å². The van der Waals surface area contributed by atoms with Gasteiger partial charge < -0.3 is 9.90 Å². The van der Waals surface area contributed by atoms with Crippen LogP contribution in [0.4, 0.5) is 0 Å². The van der Waals surface area contributed by atoms with Gasteiger partial charge in [0.2, 0.25) is 0 Å². The molecule has 0 bridgehead atoms. The summed E-state index contributed by atoms with van der Waals surface area (Å²) in [5.41, 5.74) is 1.23. The fraction of sp³-hybridized carbons (Fsp3) is 0.0667. The zero-order valence-electron chi connectivity index (χ0n) is 9.84. The van der Waals surface area contributed by atoms with E-state index in [-0.39, 0.29) is 16.9 Å². The van der Waals surface area contributed by atoms with Gasteiger partial charge in [-0.3, -0.25) is 4.79 Å². The summed E-state index contributed by atoms with van der Waals surface area (Å²) < 4.78 is 0. The Morgan fingerprint density at radius 2 is 1.61 bits per heavy atom. The number of aryl methyl sites for hydroxylation is 1. The van der Waals surface area contributed by atoms with Crippen LogP contribution in [0.25, 0.3) is 0 Å². The molecule has 2 aromatic carbocycles. The number of ketones is 1. The predicted molar refractivity (Wildman–Crippen MR) is 65.4 cm³/mol. The van der Waals surface area contributed by atoms with Crippen molar-refractivity contribution in [3.63, 3.8) is 0 Å². The highest BCUT2D eigenvalue weighted by Crippen LogP contribution is 2.18. The van der Waals surface area contributed by atoms with Gasteiger partial charge in [-0.1, -0.05) is 48.5 Å². The molecule has 0 saturated carbocycles. The van der Waals surface area contributed by atoms with Crippen LogP contribution >= 0.6 is 0 Å². The molecule has 2 rings (SSSR count). The Balaban J connectivity index is 2.58. The van der Waals surface area contributed by atoms with Crippen LogP contribution in [0.1, 0.15) is 31.8 Å². The molecule has 0 heterocycles. The summed E-state index contributed by atoms with van der Waals surface area (Å²) in [5, 5.41) is 11.0. The minimum Gasteiger partial charge on any atom is -0.545 e. The largest absolute Gasteiger partial charge is 0.545 e. The van der Waals surface area contributed by atoms with Crippen LogP contribution in [0.3, 0.4) is 0 Å². The summed E-state index contributed by atoms with van der Waals surface area (Å²) in [6.07, 6.45) is 0. The lowest BCUT2D eigenvalue weighted by molar-refractivity contribution is -0.255.